The van der Waals surface area contributed by atoms with Gasteiger partial charge in [0.25, 0.3) is 0 Å². The largest absolute Gasteiger partial charge is 0.396 e. The van der Waals surface area contributed by atoms with E-state index in [0.717, 1.165) is 21.5 Å². The number of benzene rings is 1. The number of hydrogen-bond donors (Lipinski definition) is 2. The highest BCUT2D eigenvalue weighted by molar-refractivity contribution is 7.16. The monoisotopic (exact) mass is 256 g/mol. The standard InChI is InChI=1S/C13H12N4S/c1-8-4-10(14)13(15-6-8)17-9-2-3-11-12(5-9)18-7-16-11/h2-7H,14H2,1H3,(H,15,17). The van der Waals surface area contributed by atoms with E-state index in [4.69, 9.17) is 5.73 Å². The Balaban J connectivity index is 1.95. The number of nitrogens with one attached hydrogen (secondary N) is 1. The van der Waals surface area contributed by atoms with Crippen LogP contribution in [0.5, 0.6) is 0 Å². The molecule has 0 radical (unpaired) electrons. The lowest BCUT2D eigenvalue weighted by Gasteiger charge is -2.08. The zero-order valence-corrected chi connectivity index (χ0v) is 10.7. The van der Waals surface area contributed by atoms with Gasteiger partial charge in [-0.25, -0.2) is 9.97 Å². The molecule has 4 nitrogen and oxygen atoms in total. The van der Waals surface area contributed by atoms with Crippen LogP contribution in [0.4, 0.5) is 17.2 Å². The zero-order chi connectivity index (χ0) is 12.5. The van der Waals surface area contributed by atoms with Crippen LogP contribution >= 0.6 is 11.3 Å². The van der Waals surface area contributed by atoms with Gasteiger partial charge in [0.1, 0.15) is 0 Å². The van der Waals surface area contributed by atoms with Crippen LogP contribution < -0.4 is 11.1 Å². The third kappa shape index (κ3) is 2.00. The number of nitrogens with zero attached hydrogens (tertiary/aromatic N) is 2. The Kier molecular flexibility index (Phi) is 2.60. The molecule has 2 heterocycles. The fraction of sp³-hybridized carbons (Fsp3) is 0.0769. The minimum atomic E-state index is 0.652. The Morgan fingerprint density at radius 1 is 1.22 bits per heavy atom. The van der Waals surface area contributed by atoms with Crippen molar-refractivity contribution in [2.75, 3.05) is 11.1 Å². The normalized spacial score (nSPS) is 10.7. The van der Waals surface area contributed by atoms with E-state index in [1.165, 1.54) is 0 Å². The summed E-state index contributed by atoms with van der Waals surface area (Å²) < 4.78 is 1.14. The van der Waals surface area contributed by atoms with Gasteiger partial charge >= 0.3 is 0 Å². The number of anilines is 3. The molecule has 0 aliphatic rings. The van der Waals surface area contributed by atoms with E-state index in [0.29, 0.717) is 11.5 Å². The lowest BCUT2D eigenvalue weighted by atomic mass is 10.2. The highest BCUT2D eigenvalue weighted by Gasteiger charge is 2.03. The molecule has 18 heavy (non-hydrogen) atoms. The second kappa shape index (κ2) is 4.27. The molecule has 2 aromatic heterocycles. The maximum Gasteiger partial charge on any atom is 0.153 e. The van der Waals surface area contributed by atoms with E-state index in [-0.39, 0.29) is 0 Å². The summed E-state index contributed by atoms with van der Waals surface area (Å²) in [4.78, 5) is 8.54. The van der Waals surface area contributed by atoms with Gasteiger partial charge in [-0.15, -0.1) is 11.3 Å². The molecule has 0 spiro atoms. The quantitative estimate of drug-likeness (QED) is 0.738. The Morgan fingerprint density at radius 3 is 2.94 bits per heavy atom. The number of fused-ring (bicyclic) bond motifs is 1. The summed E-state index contributed by atoms with van der Waals surface area (Å²) in [7, 11) is 0. The van der Waals surface area contributed by atoms with Gasteiger partial charge in [-0.2, -0.15) is 0 Å². The Bertz CT molecular complexity index is 705. The predicted molar refractivity (Wildman–Crippen MR) is 76.3 cm³/mol. The minimum absolute atomic E-state index is 0.652. The molecule has 0 saturated carbocycles. The maximum atomic E-state index is 5.93. The number of hydrogen-bond acceptors (Lipinski definition) is 5. The number of nitrogen functional groups attached to an aromatic ring is 1. The highest BCUT2D eigenvalue weighted by Crippen LogP contribution is 2.26. The number of nitrogens with two attached hydrogens (primary N) is 1. The molecule has 0 saturated heterocycles. The topological polar surface area (TPSA) is 63.8 Å². The Hall–Kier alpha value is -2.14. The van der Waals surface area contributed by atoms with Crippen LogP contribution in [-0.4, -0.2) is 9.97 Å². The second-order valence-corrected chi connectivity index (χ2v) is 5.00. The van der Waals surface area contributed by atoms with E-state index < -0.39 is 0 Å². The summed E-state index contributed by atoms with van der Waals surface area (Å²) in [6, 6.07) is 7.91. The SMILES string of the molecule is Cc1cnc(Nc2ccc3ncsc3c2)c(N)c1. The van der Waals surface area contributed by atoms with E-state index in [2.05, 4.69) is 15.3 Å². The molecule has 0 bridgehead atoms. The average molecular weight is 256 g/mol. The van der Waals surface area contributed by atoms with Crippen molar-refractivity contribution in [2.45, 2.75) is 6.92 Å². The van der Waals surface area contributed by atoms with Crippen LogP contribution in [0.25, 0.3) is 10.2 Å². The van der Waals surface area contributed by atoms with Gasteiger partial charge in [0.2, 0.25) is 0 Å². The number of aryl methyl sites for hydroxylation is 1. The summed E-state index contributed by atoms with van der Waals surface area (Å²) in [6.07, 6.45) is 1.80. The maximum absolute atomic E-state index is 5.93. The molecule has 0 aliphatic carbocycles. The Labute approximate surface area is 109 Å². The van der Waals surface area contributed by atoms with Gasteiger partial charge < -0.3 is 11.1 Å². The van der Waals surface area contributed by atoms with Crippen molar-refractivity contribution in [3.63, 3.8) is 0 Å². The van der Waals surface area contributed by atoms with Crippen molar-refractivity contribution in [3.8, 4) is 0 Å². The molecule has 0 fully saturated rings. The van der Waals surface area contributed by atoms with Gasteiger partial charge in [-0.1, -0.05) is 0 Å². The van der Waals surface area contributed by atoms with Gasteiger partial charge in [0, 0.05) is 11.9 Å². The summed E-state index contributed by atoms with van der Waals surface area (Å²) >= 11 is 1.62. The summed E-state index contributed by atoms with van der Waals surface area (Å²) in [5.74, 6) is 0.685. The first kappa shape index (κ1) is 11.0. The van der Waals surface area contributed by atoms with Crippen molar-refractivity contribution < 1.29 is 0 Å². The van der Waals surface area contributed by atoms with Crippen molar-refractivity contribution >= 4 is 38.7 Å². The molecule has 0 atom stereocenters. The van der Waals surface area contributed by atoms with E-state index >= 15 is 0 Å². The van der Waals surface area contributed by atoms with E-state index in [9.17, 15) is 0 Å². The van der Waals surface area contributed by atoms with Crippen molar-refractivity contribution in [2.24, 2.45) is 0 Å². The smallest absolute Gasteiger partial charge is 0.153 e. The van der Waals surface area contributed by atoms with Crippen LogP contribution in [0, 0.1) is 6.92 Å². The van der Waals surface area contributed by atoms with Crippen molar-refractivity contribution in [3.05, 3.63) is 41.5 Å². The second-order valence-electron chi connectivity index (χ2n) is 4.11. The molecule has 5 heteroatoms. The third-order valence-corrected chi connectivity index (χ3v) is 3.44. The molecular weight excluding hydrogens is 244 g/mol. The van der Waals surface area contributed by atoms with Crippen LogP contribution in [0.2, 0.25) is 0 Å². The summed E-state index contributed by atoms with van der Waals surface area (Å²) in [5.41, 5.74) is 11.4. The number of aromatic nitrogens is 2. The molecule has 3 N–H and O–H groups in total. The average Bonchev–Trinajstić information content (AvgIpc) is 2.80. The molecule has 0 unspecified atom stereocenters. The van der Waals surface area contributed by atoms with Crippen molar-refractivity contribution in [1.29, 1.82) is 0 Å². The van der Waals surface area contributed by atoms with Gasteiger partial charge in [0.15, 0.2) is 5.82 Å². The fourth-order valence-electron chi connectivity index (χ4n) is 1.77. The summed E-state index contributed by atoms with van der Waals surface area (Å²) in [6.45, 7) is 1.97. The first-order valence-corrected chi connectivity index (χ1v) is 6.43. The molecule has 0 amide bonds. The molecule has 1 aromatic carbocycles. The van der Waals surface area contributed by atoms with Crippen LogP contribution in [0.15, 0.2) is 36.0 Å². The van der Waals surface area contributed by atoms with Gasteiger partial charge in [-0.3, -0.25) is 0 Å². The van der Waals surface area contributed by atoms with Crippen LogP contribution in [0.1, 0.15) is 5.56 Å². The lowest BCUT2D eigenvalue weighted by Crippen LogP contribution is -1.99. The number of thiazole rings is 1. The fourth-order valence-corrected chi connectivity index (χ4v) is 2.48. The zero-order valence-electron chi connectivity index (χ0n) is 9.84. The first-order chi connectivity index (χ1) is 8.72. The number of rotatable bonds is 2. The lowest BCUT2D eigenvalue weighted by molar-refractivity contribution is 1.26. The molecular formula is C13H12N4S. The highest BCUT2D eigenvalue weighted by atomic mass is 32.1. The first-order valence-electron chi connectivity index (χ1n) is 5.55. The third-order valence-electron chi connectivity index (χ3n) is 2.65. The Morgan fingerprint density at radius 2 is 2.11 bits per heavy atom. The molecule has 0 aliphatic heterocycles. The van der Waals surface area contributed by atoms with Crippen molar-refractivity contribution in [1.82, 2.24) is 9.97 Å². The van der Waals surface area contributed by atoms with Gasteiger partial charge in [-0.05, 0) is 36.8 Å². The molecule has 3 aromatic rings. The van der Waals surface area contributed by atoms with Crippen LogP contribution in [0.3, 0.4) is 0 Å². The van der Waals surface area contributed by atoms with Gasteiger partial charge in [0.05, 0.1) is 21.4 Å². The molecule has 90 valence electrons. The minimum Gasteiger partial charge on any atom is -0.396 e. The molecule has 3 rings (SSSR count). The van der Waals surface area contributed by atoms with E-state index in [1.54, 1.807) is 17.5 Å². The van der Waals surface area contributed by atoms with Crippen LogP contribution in [-0.2, 0) is 0 Å². The summed E-state index contributed by atoms with van der Waals surface area (Å²) in [5, 5.41) is 3.22. The number of pyridine rings is 1. The predicted octanol–water partition coefficient (Wildman–Crippen LogP) is 3.33. The van der Waals surface area contributed by atoms with E-state index in [1.807, 2.05) is 36.7 Å².